The third-order valence-electron chi connectivity index (χ3n) is 5.22. The quantitative estimate of drug-likeness (QED) is 0.280. The molecule has 0 radical (unpaired) electrons. The van der Waals surface area contributed by atoms with Crippen molar-refractivity contribution in [1.82, 2.24) is 4.90 Å². The number of ether oxygens (including phenoxy) is 2. The molecule has 1 saturated heterocycles. The molecule has 8 heteroatoms. The summed E-state index contributed by atoms with van der Waals surface area (Å²) in [6, 6.07) is 20.8. The molecular formula is C26H21BrClNO4S. The molecule has 174 valence electrons. The molecule has 0 N–H and O–H groups in total. The summed E-state index contributed by atoms with van der Waals surface area (Å²) in [6.45, 7) is 0.613. The number of hydrogen-bond acceptors (Lipinski definition) is 5. The van der Waals surface area contributed by atoms with Gasteiger partial charge in [0.1, 0.15) is 6.61 Å². The van der Waals surface area contributed by atoms with Crippen molar-refractivity contribution in [2.75, 3.05) is 13.7 Å². The van der Waals surface area contributed by atoms with E-state index in [4.69, 9.17) is 21.1 Å². The number of halogens is 2. The fourth-order valence-electron chi connectivity index (χ4n) is 3.46. The van der Waals surface area contributed by atoms with Crippen LogP contribution in [0.5, 0.6) is 11.5 Å². The molecule has 5 nitrogen and oxygen atoms in total. The zero-order chi connectivity index (χ0) is 24.1. The van der Waals surface area contributed by atoms with Gasteiger partial charge in [-0.05, 0) is 69.5 Å². The Morgan fingerprint density at radius 3 is 2.53 bits per heavy atom. The molecule has 0 aliphatic carbocycles. The first-order valence-corrected chi connectivity index (χ1v) is 12.5. The molecule has 0 bridgehead atoms. The van der Waals surface area contributed by atoms with E-state index in [-0.39, 0.29) is 17.8 Å². The van der Waals surface area contributed by atoms with Crippen molar-refractivity contribution in [2.45, 2.75) is 13.0 Å². The van der Waals surface area contributed by atoms with Crippen LogP contribution in [0.2, 0.25) is 5.02 Å². The molecule has 1 fully saturated rings. The van der Waals surface area contributed by atoms with Gasteiger partial charge in [-0.25, -0.2) is 0 Å². The van der Waals surface area contributed by atoms with Gasteiger partial charge >= 0.3 is 0 Å². The van der Waals surface area contributed by atoms with Gasteiger partial charge < -0.3 is 9.47 Å². The minimum Gasteiger partial charge on any atom is -0.493 e. The molecule has 0 spiro atoms. The number of nitrogens with zero attached hydrogens (tertiary/aromatic N) is 1. The van der Waals surface area contributed by atoms with Crippen LogP contribution < -0.4 is 9.47 Å². The Labute approximate surface area is 215 Å². The van der Waals surface area contributed by atoms with Crippen molar-refractivity contribution < 1.29 is 19.1 Å². The maximum absolute atomic E-state index is 12.9. The van der Waals surface area contributed by atoms with Crippen molar-refractivity contribution in [2.24, 2.45) is 0 Å². The number of carbonyl (C=O) groups excluding carboxylic acids is 2. The Kier molecular flexibility index (Phi) is 7.98. The molecule has 2 amide bonds. The van der Waals surface area contributed by atoms with Crippen molar-refractivity contribution in [3.05, 3.63) is 97.8 Å². The SMILES string of the molecule is COc1cc(/C=C2\SC(=O)N(CCc3ccccc3)C2=O)cc(Br)c1OCc1ccccc1Cl. The minimum atomic E-state index is -0.292. The lowest BCUT2D eigenvalue weighted by Crippen LogP contribution is -2.30. The van der Waals surface area contributed by atoms with E-state index in [2.05, 4.69) is 15.9 Å². The van der Waals surface area contributed by atoms with Crippen LogP contribution >= 0.6 is 39.3 Å². The van der Waals surface area contributed by atoms with E-state index in [1.54, 1.807) is 19.3 Å². The second-order valence-corrected chi connectivity index (χ2v) is 9.74. The van der Waals surface area contributed by atoms with Gasteiger partial charge in [-0.1, -0.05) is 60.1 Å². The van der Waals surface area contributed by atoms with E-state index in [9.17, 15) is 9.59 Å². The van der Waals surface area contributed by atoms with Crippen molar-refractivity contribution >= 4 is 56.5 Å². The van der Waals surface area contributed by atoms with Gasteiger partial charge in [-0.2, -0.15) is 0 Å². The van der Waals surface area contributed by atoms with Crippen LogP contribution in [0.3, 0.4) is 0 Å². The fraction of sp³-hybridized carbons (Fsp3) is 0.154. The Morgan fingerprint density at radius 2 is 1.79 bits per heavy atom. The van der Waals surface area contributed by atoms with Gasteiger partial charge in [0.05, 0.1) is 16.5 Å². The second kappa shape index (κ2) is 11.1. The zero-order valence-corrected chi connectivity index (χ0v) is 21.5. The lowest BCUT2D eigenvalue weighted by Gasteiger charge is -2.14. The highest BCUT2D eigenvalue weighted by Crippen LogP contribution is 2.39. The first-order chi connectivity index (χ1) is 16.5. The number of rotatable bonds is 8. The van der Waals surface area contributed by atoms with Crippen LogP contribution in [0, 0.1) is 0 Å². The van der Waals surface area contributed by atoms with Crippen LogP contribution in [0.1, 0.15) is 16.7 Å². The van der Waals surface area contributed by atoms with Gasteiger partial charge in [0.15, 0.2) is 11.5 Å². The van der Waals surface area contributed by atoms with Crippen LogP contribution in [0.15, 0.2) is 76.1 Å². The van der Waals surface area contributed by atoms with Gasteiger partial charge in [-0.15, -0.1) is 0 Å². The predicted octanol–water partition coefficient (Wildman–Crippen LogP) is 6.97. The molecule has 3 aromatic carbocycles. The van der Waals surface area contributed by atoms with Crippen molar-refractivity contribution in [1.29, 1.82) is 0 Å². The summed E-state index contributed by atoms with van der Waals surface area (Å²) >= 11 is 10.7. The number of benzene rings is 3. The van der Waals surface area contributed by atoms with Gasteiger partial charge in [0.25, 0.3) is 11.1 Å². The Bertz CT molecular complexity index is 1250. The summed E-state index contributed by atoms with van der Waals surface area (Å²) in [5.74, 6) is 0.728. The van der Waals surface area contributed by atoms with Gasteiger partial charge in [-0.3, -0.25) is 14.5 Å². The molecule has 0 saturated carbocycles. The monoisotopic (exact) mass is 557 g/mol. The Morgan fingerprint density at radius 1 is 1.06 bits per heavy atom. The molecule has 1 aliphatic rings. The molecule has 3 aromatic rings. The molecule has 0 unspecified atom stereocenters. The third kappa shape index (κ3) is 5.66. The molecule has 4 rings (SSSR count). The van der Waals surface area contributed by atoms with Crippen LogP contribution in [0.4, 0.5) is 4.79 Å². The topological polar surface area (TPSA) is 55.8 Å². The summed E-state index contributed by atoms with van der Waals surface area (Å²) in [4.78, 5) is 27.0. The number of thioether (sulfide) groups is 1. The number of hydrogen-bond donors (Lipinski definition) is 0. The van der Waals surface area contributed by atoms with Crippen molar-refractivity contribution in [3.8, 4) is 11.5 Å². The standard InChI is InChI=1S/C26H21BrClNO4S/c1-32-22-14-18(13-20(27)24(22)33-16-19-9-5-6-10-21(19)28)15-23-25(30)29(26(31)34-23)12-11-17-7-3-2-4-8-17/h2-10,13-15H,11-12,16H2,1H3/b23-15-. The van der Waals surface area contributed by atoms with E-state index in [0.29, 0.717) is 44.4 Å². The van der Waals surface area contributed by atoms with E-state index in [1.807, 2.05) is 60.7 Å². The first-order valence-electron chi connectivity index (χ1n) is 10.5. The van der Waals surface area contributed by atoms with E-state index >= 15 is 0 Å². The first kappa shape index (κ1) is 24.4. The smallest absolute Gasteiger partial charge is 0.293 e. The van der Waals surface area contributed by atoms with E-state index in [0.717, 1.165) is 22.9 Å². The molecule has 0 aromatic heterocycles. The molecular weight excluding hydrogens is 538 g/mol. The van der Waals surface area contributed by atoms with E-state index < -0.39 is 0 Å². The maximum Gasteiger partial charge on any atom is 0.293 e. The average Bonchev–Trinajstić information content (AvgIpc) is 3.10. The highest BCUT2D eigenvalue weighted by atomic mass is 79.9. The molecule has 0 atom stereocenters. The zero-order valence-electron chi connectivity index (χ0n) is 18.3. The second-order valence-electron chi connectivity index (χ2n) is 7.48. The van der Waals surface area contributed by atoms with Crippen LogP contribution in [-0.4, -0.2) is 29.7 Å². The average molecular weight is 559 g/mol. The Hall–Kier alpha value is -2.74. The van der Waals surface area contributed by atoms with E-state index in [1.165, 1.54) is 4.90 Å². The summed E-state index contributed by atoms with van der Waals surface area (Å²) in [6.07, 6.45) is 2.31. The number of imide groups is 1. The fourth-order valence-corrected chi connectivity index (χ4v) is 5.09. The van der Waals surface area contributed by atoms with Crippen LogP contribution in [-0.2, 0) is 17.8 Å². The normalized spacial score (nSPS) is 14.7. The van der Waals surface area contributed by atoms with Crippen molar-refractivity contribution in [3.63, 3.8) is 0 Å². The minimum absolute atomic E-state index is 0.266. The molecule has 34 heavy (non-hydrogen) atoms. The molecule has 1 heterocycles. The summed E-state index contributed by atoms with van der Waals surface area (Å²) < 4.78 is 12.1. The van der Waals surface area contributed by atoms with Gasteiger partial charge in [0, 0.05) is 17.1 Å². The highest BCUT2D eigenvalue weighted by Gasteiger charge is 2.34. The lowest BCUT2D eigenvalue weighted by atomic mass is 10.1. The number of carbonyl (C=O) groups is 2. The summed E-state index contributed by atoms with van der Waals surface area (Å²) in [7, 11) is 1.55. The predicted molar refractivity (Wildman–Crippen MR) is 139 cm³/mol. The lowest BCUT2D eigenvalue weighted by molar-refractivity contribution is -0.122. The van der Waals surface area contributed by atoms with Crippen LogP contribution in [0.25, 0.3) is 6.08 Å². The summed E-state index contributed by atoms with van der Waals surface area (Å²) in [5.41, 5.74) is 2.64. The molecule has 1 aliphatic heterocycles. The number of amides is 2. The summed E-state index contributed by atoms with van der Waals surface area (Å²) in [5, 5.41) is 0.357. The highest BCUT2D eigenvalue weighted by molar-refractivity contribution is 9.10. The largest absolute Gasteiger partial charge is 0.493 e. The van der Waals surface area contributed by atoms with Gasteiger partial charge in [0.2, 0.25) is 0 Å². The number of methoxy groups -OCH3 is 1. The maximum atomic E-state index is 12.9. The third-order valence-corrected chi connectivity index (χ3v) is 7.09. The Balaban J connectivity index is 1.50.